The average molecular weight is 335 g/mol. The second kappa shape index (κ2) is 7.00. The zero-order valence-corrected chi connectivity index (χ0v) is 13.0. The van der Waals surface area contributed by atoms with Crippen LogP contribution in [0.15, 0.2) is 53.4 Å². The topological polar surface area (TPSA) is 38.3 Å². The molecule has 0 spiro atoms. The summed E-state index contributed by atoms with van der Waals surface area (Å²) in [7, 11) is 0. The Bertz CT molecular complexity index is 683. The molecule has 0 fully saturated rings. The molecule has 1 N–H and O–H groups in total. The Morgan fingerprint density at radius 2 is 1.96 bits per heavy atom. The first-order valence-corrected chi connectivity index (χ1v) is 8.06. The van der Waals surface area contributed by atoms with Gasteiger partial charge >= 0.3 is 6.61 Å². The summed E-state index contributed by atoms with van der Waals surface area (Å²) >= 11 is 1.53. The molecule has 1 unspecified atom stereocenters. The number of amides is 1. The first-order chi connectivity index (χ1) is 11.1. The number of carbonyl (C=O) groups is 1. The fourth-order valence-electron chi connectivity index (χ4n) is 2.49. The molecule has 3 nitrogen and oxygen atoms in total. The Balaban J connectivity index is 1.60. The van der Waals surface area contributed by atoms with E-state index in [1.54, 1.807) is 18.2 Å². The molecular formula is C17H15F2NO2S. The molecule has 0 aliphatic carbocycles. The van der Waals surface area contributed by atoms with Gasteiger partial charge in [0, 0.05) is 17.0 Å². The Labute approximate surface area is 137 Å². The minimum atomic E-state index is -2.88. The van der Waals surface area contributed by atoms with Gasteiger partial charge in [0.05, 0.1) is 5.25 Å². The van der Waals surface area contributed by atoms with E-state index < -0.39 is 6.61 Å². The Kier molecular flexibility index (Phi) is 4.81. The van der Waals surface area contributed by atoms with Crippen molar-refractivity contribution in [3.05, 3.63) is 59.7 Å². The normalized spacial score (nSPS) is 16.2. The van der Waals surface area contributed by atoms with Crippen LogP contribution in [0.5, 0.6) is 5.75 Å². The van der Waals surface area contributed by atoms with E-state index in [-0.39, 0.29) is 23.5 Å². The molecule has 1 aliphatic rings. The highest BCUT2D eigenvalue weighted by atomic mass is 32.2. The van der Waals surface area contributed by atoms with Crippen molar-refractivity contribution < 1.29 is 18.3 Å². The van der Waals surface area contributed by atoms with Gasteiger partial charge in [-0.25, -0.2) is 0 Å². The van der Waals surface area contributed by atoms with Crippen LogP contribution in [0.3, 0.4) is 0 Å². The van der Waals surface area contributed by atoms with Crippen LogP contribution in [0, 0.1) is 0 Å². The van der Waals surface area contributed by atoms with E-state index in [2.05, 4.69) is 10.1 Å². The van der Waals surface area contributed by atoms with Crippen molar-refractivity contribution in [3.8, 4) is 5.75 Å². The van der Waals surface area contributed by atoms with E-state index in [4.69, 9.17) is 0 Å². The highest BCUT2D eigenvalue weighted by Gasteiger charge is 2.27. The molecular weight excluding hydrogens is 320 g/mol. The summed E-state index contributed by atoms with van der Waals surface area (Å²) < 4.78 is 29.2. The summed E-state index contributed by atoms with van der Waals surface area (Å²) in [6.07, 6.45) is 0.682. The first-order valence-electron chi connectivity index (χ1n) is 7.18. The zero-order chi connectivity index (χ0) is 16.2. The summed E-state index contributed by atoms with van der Waals surface area (Å²) in [6, 6.07) is 14.4. The number of ether oxygens (including phenoxy) is 1. The number of nitrogens with one attached hydrogen (secondary N) is 1. The summed E-state index contributed by atoms with van der Waals surface area (Å²) in [5.41, 5.74) is 1.70. The van der Waals surface area contributed by atoms with Crippen LogP contribution in [0.2, 0.25) is 0 Å². The maximum atomic E-state index is 12.4. The minimum Gasteiger partial charge on any atom is -0.434 e. The molecule has 120 valence electrons. The lowest BCUT2D eigenvalue weighted by Gasteiger charge is -2.13. The van der Waals surface area contributed by atoms with Gasteiger partial charge in [0.1, 0.15) is 5.75 Å². The van der Waals surface area contributed by atoms with Crippen molar-refractivity contribution in [3.63, 3.8) is 0 Å². The van der Waals surface area contributed by atoms with Crippen LogP contribution >= 0.6 is 11.8 Å². The van der Waals surface area contributed by atoms with Crippen molar-refractivity contribution in [1.82, 2.24) is 5.32 Å². The second-order valence-electron chi connectivity index (χ2n) is 5.12. The molecule has 1 aliphatic heterocycles. The van der Waals surface area contributed by atoms with Crippen molar-refractivity contribution in [2.45, 2.75) is 29.7 Å². The summed E-state index contributed by atoms with van der Waals surface area (Å²) in [4.78, 5) is 13.4. The van der Waals surface area contributed by atoms with Gasteiger partial charge in [0.25, 0.3) is 0 Å². The maximum absolute atomic E-state index is 12.4. The molecule has 2 aromatic carbocycles. The van der Waals surface area contributed by atoms with Crippen LogP contribution in [-0.4, -0.2) is 17.8 Å². The maximum Gasteiger partial charge on any atom is 0.387 e. The summed E-state index contributed by atoms with van der Waals surface area (Å²) in [6.45, 7) is -2.72. The SMILES string of the molecule is O=C(NCc1ccccc1OC(F)F)C1Cc2ccccc2S1. The summed E-state index contributed by atoms with van der Waals surface area (Å²) in [5, 5.41) is 2.62. The Morgan fingerprint density at radius 1 is 1.22 bits per heavy atom. The van der Waals surface area contributed by atoms with Crippen LogP contribution in [0.1, 0.15) is 11.1 Å². The van der Waals surface area contributed by atoms with Gasteiger partial charge in [-0.15, -0.1) is 11.8 Å². The third-order valence-corrected chi connectivity index (χ3v) is 4.90. The quantitative estimate of drug-likeness (QED) is 0.907. The second-order valence-corrected chi connectivity index (χ2v) is 6.37. The fourth-order valence-corrected chi connectivity index (χ4v) is 3.70. The van der Waals surface area contributed by atoms with E-state index in [9.17, 15) is 13.6 Å². The van der Waals surface area contributed by atoms with E-state index >= 15 is 0 Å². The minimum absolute atomic E-state index is 0.0881. The zero-order valence-electron chi connectivity index (χ0n) is 12.2. The molecule has 0 saturated heterocycles. The van der Waals surface area contributed by atoms with Crippen molar-refractivity contribution in [2.24, 2.45) is 0 Å². The number of para-hydroxylation sites is 1. The van der Waals surface area contributed by atoms with Gasteiger partial charge in [-0.3, -0.25) is 4.79 Å². The van der Waals surface area contributed by atoms with Crippen molar-refractivity contribution in [1.29, 1.82) is 0 Å². The highest BCUT2D eigenvalue weighted by molar-refractivity contribution is 8.01. The lowest BCUT2D eigenvalue weighted by Crippen LogP contribution is -2.32. The third kappa shape index (κ3) is 3.82. The smallest absolute Gasteiger partial charge is 0.387 e. The molecule has 23 heavy (non-hydrogen) atoms. The molecule has 0 aromatic heterocycles. The van der Waals surface area contributed by atoms with Gasteiger partial charge in [-0.05, 0) is 24.1 Å². The van der Waals surface area contributed by atoms with Crippen molar-refractivity contribution >= 4 is 17.7 Å². The number of alkyl halides is 2. The van der Waals surface area contributed by atoms with Gasteiger partial charge in [0.15, 0.2) is 0 Å². The molecule has 0 bridgehead atoms. The Hall–Kier alpha value is -2.08. The van der Waals surface area contributed by atoms with Gasteiger partial charge in [0.2, 0.25) is 5.91 Å². The monoisotopic (exact) mass is 335 g/mol. The average Bonchev–Trinajstić information content (AvgIpc) is 2.97. The molecule has 0 radical (unpaired) electrons. The predicted octanol–water partition coefficient (Wildman–Crippen LogP) is 3.62. The first kappa shape index (κ1) is 15.8. The molecule has 2 aromatic rings. The van der Waals surface area contributed by atoms with Gasteiger partial charge in [-0.2, -0.15) is 8.78 Å². The molecule has 1 amide bonds. The van der Waals surface area contributed by atoms with Crippen LogP contribution in [0.4, 0.5) is 8.78 Å². The summed E-state index contributed by atoms with van der Waals surface area (Å²) in [5.74, 6) is -0.0109. The van der Waals surface area contributed by atoms with Crippen molar-refractivity contribution in [2.75, 3.05) is 0 Å². The van der Waals surface area contributed by atoms with Crippen LogP contribution in [-0.2, 0) is 17.8 Å². The lowest BCUT2D eigenvalue weighted by molar-refractivity contribution is -0.120. The molecule has 3 rings (SSSR count). The number of fused-ring (bicyclic) bond motifs is 1. The van der Waals surface area contributed by atoms with E-state index in [0.29, 0.717) is 12.0 Å². The lowest BCUT2D eigenvalue weighted by atomic mass is 10.1. The molecule has 6 heteroatoms. The highest BCUT2D eigenvalue weighted by Crippen LogP contribution is 2.36. The van der Waals surface area contributed by atoms with Crippen LogP contribution in [0.25, 0.3) is 0 Å². The third-order valence-electron chi connectivity index (χ3n) is 3.58. The standard InChI is InChI=1S/C17H15F2NO2S/c18-17(19)22-13-7-3-1-6-12(13)10-20-16(21)15-9-11-5-2-4-8-14(11)23-15/h1-8,15,17H,9-10H2,(H,20,21). The van der Waals surface area contributed by atoms with E-state index in [1.165, 1.54) is 23.4 Å². The van der Waals surface area contributed by atoms with Gasteiger partial charge in [-0.1, -0.05) is 36.4 Å². The number of benzene rings is 2. The predicted molar refractivity (Wildman–Crippen MR) is 84.7 cm³/mol. The number of hydrogen-bond acceptors (Lipinski definition) is 3. The molecule has 1 heterocycles. The fraction of sp³-hybridized carbons (Fsp3) is 0.235. The number of halogens is 2. The number of carbonyl (C=O) groups excluding carboxylic acids is 1. The van der Waals surface area contributed by atoms with E-state index in [0.717, 1.165) is 4.90 Å². The molecule has 0 saturated carbocycles. The Morgan fingerprint density at radius 3 is 2.74 bits per heavy atom. The van der Waals surface area contributed by atoms with Gasteiger partial charge < -0.3 is 10.1 Å². The van der Waals surface area contributed by atoms with Crippen LogP contribution < -0.4 is 10.1 Å². The molecule has 1 atom stereocenters. The number of thioether (sulfide) groups is 1. The number of rotatable bonds is 5. The van der Waals surface area contributed by atoms with E-state index in [1.807, 2.05) is 24.3 Å². The largest absolute Gasteiger partial charge is 0.434 e. The number of hydrogen-bond donors (Lipinski definition) is 1.